The maximum absolute atomic E-state index is 12.8. The minimum Gasteiger partial charge on any atom is -0.507 e. The van der Waals surface area contributed by atoms with Gasteiger partial charge < -0.3 is 29.2 Å². The smallest absolute Gasteiger partial charge is 0.130 e. The fourth-order valence-electron chi connectivity index (χ4n) is 13.8. The normalized spacial score (nSPS) is 12.8. The molecule has 1 aliphatic rings. The van der Waals surface area contributed by atoms with Gasteiger partial charge in [-0.3, -0.25) is 0 Å². The first-order valence-electron chi connectivity index (χ1n) is 26.7. The second-order valence-electron chi connectivity index (χ2n) is 21.0. The number of hydrogen-bond acceptors (Lipinski definition) is 6. The Morgan fingerprint density at radius 3 is 0.769 bits per heavy atom. The Balaban J connectivity index is 1.07. The standard InChI is InChI=1S/C72H52O6/c1-75-69-41-23-27-55-59-51-19-11-13-21-53(51)61(63(55)69)64-56(59)28-24-42(70(64)76-2)32-49-37-46(40-17-9-6-10-18-40)38-50(68(49)74)34-44-26-30-58-60-52-20-12-14-22-54(52)62(66(58)72(44)78-4)65-57(60)29-25-43(71(65)77-3)33-48-36-45(35-47(31-41)67(48)73)39-15-7-5-8-16-39/h5-30,35-38,73-74H,31-34H2,1-4H3. The summed E-state index contributed by atoms with van der Waals surface area (Å²) in [6.45, 7) is 0. The summed E-state index contributed by atoms with van der Waals surface area (Å²) in [5, 5.41) is 42.8. The molecule has 0 aromatic heterocycles. The summed E-state index contributed by atoms with van der Waals surface area (Å²) in [6.07, 6.45) is 1.60. The fourth-order valence-corrected chi connectivity index (χ4v) is 13.8. The Morgan fingerprint density at radius 2 is 0.500 bits per heavy atom. The number of rotatable bonds is 6. The first kappa shape index (κ1) is 45.8. The van der Waals surface area contributed by atoms with E-state index in [0.717, 1.165) is 176 Å². The molecular formula is C72H52O6. The zero-order chi connectivity index (χ0) is 52.5. The van der Waals surface area contributed by atoms with Gasteiger partial charge in [0.15, 0.2) is 0 Å². The third-order valence-electron chi connectivity index (χ3n) is 17.1. The summed E-state index contributed by atoms with van der Waals surface area (Å²) in [7, 11) is 7.02. The summed E-state index contributed by atoms with van der Waals surface area (Å²) in [4.78, 5) is 0. The van der Waals surface area contributed by atoms with Crippen molar-refractivity contribution in [2.45, 2.75) is 25.7 Å². The van der Waals surface area contributed by atoms with Crippen LogP contribution in [-0.4, -0.2) is 38.7 Å². The van der Waals surface area contributed by atoms with Crippen LogP contribution in [0.5, 0.6) is 34.5 Å². The van der Waals surface area contributed by atoms with Crippen LogP contribution in [0.4, 0.5) is 0 Å². The summed E-state index contributed by atoms with van der Waals surface area (Å²) < 4.78 is 26.5. The van der Waals surface area contributed by atoms with E-state index in [1.807, 2.05) is 12.1 Å². The maximum Gasteiger partial charge on any atom is 0.130 e. The van der Waals surface area contributed by atoms with Gasteiger partial charge in [-0.1, -0.05) is 158 Å². The average molecular weight is 1010 g/mol. The van der Waals surface area contributed by atoms with Crippen LogP contribution in [0.25, 0.3) is 108 Å². The Labute approximate surface area is 450 Å². The molecule has 1 aliphatic carbocycles. The van der Waals surface area contributed by atoms with E-state index in [9.17, 15) is 10.2 Å². The van der Waals surface area contributed by atoms with Crippen molar-refractivity contribution < 1.29 is 29.2 Å². The zero-order valence-corrected chi connectivity index (χ0v) is 43.7. The minimum absolute atomic E-state index is 0.238. The highest BCUT2D eigenvalue weighted by Crippen LogP contribution is 2.55. The maximum atomic E-state index is 12.8. The fraction of sp³-hybridized carbons (Fsp3) is 0.111. The highest BCUT2D eigenvalue weighted by Gasteiger charge is 2.29. The quantitative estimate of drug-likeness (QED) is 0.162. The number of hydrogen-bond donors (Lipinski definition) is 2. The highest BCUT2D eigenvalue weighted by atomic mass is 16.5. The third kappa shape index (κ3) is 6.56. The van der Waals surface area contributed by atoms with Crippen molar-refractivity contribution in [3.05, 3.63) is 226 Å². The lowest BCUT2D eigenvalue weighted by molar-refractivity contribution is 0.414. The number of phenols is 2. The summed E-state index contributed by atoms with van der Waals surface area (Å²) in [5.41, 5.74) is 11.1. The van der Waals surface area contributed by atoms with Gasteiger partial charge in [-0.05, 0) is 145 Å². The van der Waals surface area contributed by atoms with Gasteiger partial charge in [0.1, 0.15) is 34.5 Å². The SMILES string of the molecule is COc1c2ccc3c1c1c4ccccc4c3c3ccc(c(OC)c31)Cc1cc(-c3ccccc3)cc(c1O)Cc1ccc3c(c1OC)c1c4ccccc4c3c3ccc(c(OC)c31)Cc1cc(-c3ccccc3)cc(c1O)C2. The van der Waals surface area contributed by atoms with Crippen molar-refractivity contribution in [2.75, 3.05) is 28.4 Å². The molecule has 78 heavy (non-hydrogen) atoms. The topological polar surface area (TPSA) is 77.4 Å². The van der Waals surface area contributed by atoms with Gasteiger partial charge >= 0.3 is 0 Å². The van der Waals surface area contributed by atoms with Crippen molar-refractivity contribution in [3.63, 3.8) is 0 Å². The van der Waals surface area contributed by atoms with Gasteiger partial charge in [0.25, 0.3) is 0 Å². The van der Waals surface area contributed by atoms with E-state index in [-0.39, 0.29) is 11.5 Å². The molecule has 0 radical (unpaired) electrons. The van der Waals surface area contributed by atoms with E-state index >= 15 is 0 Å². The van der Waals surface area contributed by atoms with Gasteiger partial charge in [0.05, 0.1) is 28.4 Å². The lowest BCUT2D eigenvalue weighted by Gasteiger charge is -2.24. The van der Waals surface area contributed by atoms with Crippen molar-refractivity contribution in [2.24, 2.45) is 0 Å². The van der Waals surface area contributed by atoms with E-state index in [1.165, 1.54) is 0 Å². The second-order valence-corrected chi connectivity index (χ2v) is 21.0. The van der Waals surface area contributed by atoms with Gasteiger partial charge in [-0.2, -0.15) is 0 Å². The predicted molar refractivity (Wildman–Crippen MR) is 320 cm³/mol. The minimum atomic E-state index is 0.238. The van der Waals surface area contributed by atoms with Gasteiger partial charge in [0, 0.05) is 58.0 Å². The molecule has 6 heteroatoms. The molecule has 16 aromatic carbocycles. The summed E-state index contributed by atoms with van der Waals surface area (Å²) in [6, 6.07) is 64.2. The third-order valence-corrected chi connectivity index (χ3v) is 17.1. The molecule has 0 aliphatic heterocycles. The van der Waals surface area contributed by atoms with Crippen LogP contribution in [0.15, 0.2) is 182 Å². The lowest BCUT2D eigenvalue weighted by Crippen LogP contribution is -2.03. The second kappa shape index (κ2) is 17.5. The molecule has 0 atom stereocenters. The van der Waals surface area contributed by atoms with Crippen LogP contribution in [0, 0.1) is 0 Å². The van der Waals surface area contributed by atoms with E-state index in [2.05, 4.69) is 170 Å². The average Bonchev–Trinajstić information content (AvgIpc) is 3.57. The molecule has 2 N–H and O–H groups in total. The van der Waals surface area contributed by atoms with E-state index in [0.29, 0.717) is 25.7 Å². The molecule has 6 nitrogen and oxygen atoms in total. The van der Waals surface area contributed by atoms with Crippen molar-refractivity contribution in [1.29, 1.82) is 0 Å². The van der Waals surface area contributed by atoms with Gasteiger partial charge in [-0.15, -0.1) is 0 Å². The molecule has 0 fully saturated rings. The van der Waals surface area contributed by atoms with Crippen molar-refractivity contribution >= 4 is 86.2 Å². The van der Waals surface area contributed by atoms with Crippen LogP contribution in [0.2, 0.25) is 0 Å². The van der Waals surface area contributed by atoms with Crippen molar-refractivity contribution in [3.8, 4) is 56.8 Å². The van der Waals surface area contributed by atoms with E-state index in [1.54, 1.807) is 28.4 Å². The molecule has 17 rings (SSSR count). The molecule has 0 saturated heterocycles. The molecule has 0 unspecified atom stereocenters. The van der Waals surface area contributed by atoms with Gasteiger partial charge in [-0.25, -0.2) is 0 Å². The molecule has 0 saturated carbocycles. The Hall–Kier alpha value is -9.52. The molecule has 16 aromatic rings. The first-order chi connectivity index (χ1) is 38.3. The molecule has 0 amide bonds. The van der Waals surface area contributed by atoms with Crippen LogP contribution < -0.4 is 18.9 Å². The van der Waals surface area contributed by atoms with Crippen LogP contribution in [-0.2, 0) is 25.7 Å². The molecule has 376 valence electrons. The Bertz CT molecular complexity index is 4290. The molecule has 0 spiro atoms. The number of benzene rings is 16. The molecule has 16 bridgehead atoms. The number of aromatic hydroxyl groups is 2. The number of ether oxygens (including phenoxy) is 4. The summed E-state index contributed by atoms with van der Waals surface area (Å²) >= 11 is 0. The lowest BCUT2D eigenvalue weighted by atomic mass is 9.82. The van der Waals surface area contributed by atoms with Crippen LogP contribution in [0.3, 0.4) is 0 Å². The first-order valence-corrected chi connectivity index (χ1v) is 26.7. The van der Waals surface area contributed by atoms with E-state index < -0.39 is 0 Å². The van der Waals surface area contributed by atoms with Crippen LogP contribution in [0.1, 0.15) is 44.5 Å². The van der Waals surface area contributed by atoms with E-state index in [4.69, 9.17) is 18.9 Å². The zero-order valence-electron chi connectivity index (χ0n) is 43.7. The Kier molecular flexibility index (Phi) is 10.3. The largest absolute Gasteiger partial charge is 0.507 e. The van der Waals surface area contributed by atoms with Crippen molar-refractivity contribution in [1.82, 2.24) is 0 Å². The summed E-state index contributed by atoms with van der Waals surface area (Å²) in [5.74, 6) is 3.49. The number of fused-ring (bicyclic) bond motifs is 8. The van der Waals surface area contributed by atoms with Crippen LogP contribution >= 0.6 is 0 Å². The van der Waals surface area contributed by atoms with Gasteiger partial charge in [0.2, 0.25) is 0 Å². The Morgan fingerprint density at radius 1 is 0.244 bits per heavy atom. The molecule has 0 heterocycles. The monoisotopic (exact) mass is 1010 g/mol. The highest BCUT2D eigenvalue weighted by molar-refractivity contribution is 6.43. The molecular weight excluding hydrogens is 961 g/mol. The predicted octanol–water partition coefficient (Wildman–Crippen LogP) is 17.2. The number of phenolic OH excluding ortho intramolecular Hbond substituents is 2. The number of methoxy groups -OCH3 is 4.